The Bertz CT molecular complexity index is 316. The second-order valence-electron chi connectivity index (χ2n) is 2.53. The highest BCUT2D eigenvalue weighted by Gasteiger charge is 2.30. The molecule has 13 heavy (non-hydrogen) atoms. The zero-order valence-electron chi connectivity index (χ0n) is 6.48. The number of nitrogens with two attached hydrogens (primary N) is 1. The SMILES string of the molecule is NC(=O)c1cc[nH]c1CC(F)(F)F. The number of hydrogen-bond acceptors (Lipinski definition) is 1. The fourth-order valence-corrected chi connectivity index (χ4v) is 0.981. The monoisotopic (exact) mass is 192 g/mol. The number of halogens is 3. The first-order valence-corrected chi connectivity index (χ1v) is 3.43. The molecule has 72 valence electrons. The fourth-order valence-electron chi connectivity index (χ4n) is 0.981. The predicted molar refractivity (Wildman–Crippen MR) is 39.1 cm³/mol. The van der Waals surface area contributed by atoms with Gasteiger partial charge in [0.2, 0.25) is 0 Å². The third-order valence-electron chi connectivity index (χ3n) is 1.48. The lowest BCUT2D eigenvalue weighted by atomic mass is 10.2. The molecule has 0 atom stereocenters. The quantitative estimate of drug-likeness (QED) is 0.727. The first kappa shape index (κ1) is 9.63. The van der Waals surface area contributed by atoms with Gasteiger partial charge in [-0.15, -0.1) is 0 Å². The van der Waals surface area contributed by atoms with Crippen molar-refractivity contribution >= 4 is 5.91 Å². The molecule has 0 saturated heterocycles. The Labute approximate surface area is 71.7 Å². The van der Waals surface area contributed by atoms with E-state index in [2.05, 4.69) is 4.98 Å². The van der Waals surface area contributed by atoms with Gasteiger partial charge in [-0.05, 0) is 6.07 Å². The summed E-state index contributed by atoms with van der Waals surface area (Å²) >= 11 is 0. The molecule has 1 aromatic rings. The minimum atomic E-state index is -4.34. The van der Waals surface area contributed by atoms with Crippen LogP contribution in [0.2, 0.25) is 0 Å². The Balaban J connectivity index is 2.89. The number of primary amides is 1. The van der Waals surface area contributed by atoms with E-state index in [0.29, 0.717) is 0 Å². The summed E-state index contributed by atoms with van der Waals surface area (Å²) in [4.78, 5) is 12.9. The molecule has 0 aliphatic rings. The van der Waals surface area contributed by atoms with Crippen molar-refractivity contribution in [3.05, 3.63) is 23.5 Å². The predicted octanol–water partition coefficient (Wildman–Crippen LogP) is 1.22. The van der Waals surface area contributed by atoms with Crippen LogP contribution in [-0.4, -0.2) is 17.1 Å². The van der Waals surface area contributed by atoms with Crippen molar-refractivity contribution in [3.8, 4) is 0 Å². The van der Waals surface area contributed by atoms with Crippen LogP contribution in [0.25, 0.3) is 0 Å². The molecular weight excluding hydrogens is 185 g/mol. The standard InChI is InChI=1S/C7H7F3N2O/c8-7(9,10)3-5-4(6(11)13)1-2-12-5/h1-2,12H,3H2,(H2,11,13). The van der Waals surface area contributed by atoms with Gasteiger partial charge < -0.3 is 10.7 Å². The van der Waals surface area contributed by atoms with Gasteiger partial charge in [0, 0.05) is 11.9 Å². The number of H-pyrrole nitrogens is 1. The maximum Gasteiger partial charge on any atom is 0.394 e. The van der Waals surface area contributed by atoms with Crippen molar-refractivity contribution < 1.29 is 18.0 Å². The molecule has 0 fully saturated rings. The van der Waals surface area contributed by atoms with Gasteiger partial charge in [0.25, 0.3) is 5.91 Å². The van der Waals surface area contributed by atoms with E-state index in [1.807, 2.05) is 0 Å². The van der Waals surface area contributed by atoms with E-state index >= 15 is 0 Å². The molecule has 3 N–H and O–H groups in total. The van der Waals surface area contributed by atoms with E-state index in [0.717, 1.165) is 0 Å². The first-order valence-electron chi connectivity index (χ1n) is 3.43. The average molecular weight is 192 g/mol. The van der Waals surface area contributed by atoms with Crippen molar-refractivity contribution in [2.75, 3.05) is 0 Å². The van der Waals surface area contributed by atoms with Gasteiger partial charge in [0.05, 0.1) is 12.0 Å². The van der Waals surface area contributed by atoms with E-state index in [1.54, 1.807) is 0 Å². The lowest BCUT2D eigenvalue weighted by Crippen LogP contribution is -2.17. The topological polar surface area (TPSA) is 58.9 Å². The van der Waals surface area contributed by atoms with Gasteiger partial charge in [-0.3, -0.25) is 4.79 Å². The molecule has 6 heteroatoms. The van der Waals surface area contributed by atoms with E-state index in [4.69, 9.17) is 5.73 Å². The largest absolute Gasteiger partial charge is 0.394 e. The Morgan fingerprint density at radius 2 is 2.15 bits per heavy atom. The molecule has 0 radical (unpaired) electrons. The van der Waals surface area contributed by atoms with Crippen LogP contribution in [-0.2, 0) is 6.42 Å². The van der Waals surface area contributed by atoms with Gasteiger partial charge in [-0.1, -0.05) is 0 Å². The number of hydrogen-bond donors (Lipinski definition) is 2. The summed E-state index contributed by atoms with van der Waals surface area (Å²) in [6.45, 7) is 0. The summed E-state index contributed by atoms with van der Waals surface area (Å²) in [6, 6.07) is 1.23. The Hall–Kier alpha value is -1.46. The van der Waals surface area contributed by atoms with Crippen molar-refractivity contribution in [1.29, 1.82) is 0 Å². The average Bonchev–Trinajstić information content (AvgIpc) is 2.31. The summed E-state index contributed by atoms with van der Waals surface area (Å²) in [6.07, 6.45) is -4.26. The van der Waals surface area contributed by atoms with E-state index in [1.165, 1.54) is 12.3 Å². The highest BCUT2D eigenvalue weighted by Crippen LogP contribution is 2.22. The van der Waals surface area contributed by atoms with Gasteiger partial charge in [0.15, 0.2) is 0 Å². The zero-order chi connectivity index (χ0) is 10.1. The second kappa shape index (κ2) is 3.12. The number of amides is 1. The molecular formula is C7H7F3N2O. The van der Waals surface area contributed by atoms with Crippen molar-refractivity contribution in [3.63, 3.8) is 0 Å². The molecule has 1 heterocycles. The summed E-state index contributed by atoms with van der Waals surface area (Å²) < 4.78 is 35.7. The minimum absolute atomic E-state index is 0.114. The van der Waals surface area contributed by atoms with E-state index < -0.39 is 18.5 Å². The number of carbonyl (C=O) groups excluding carboxylic acids is 1. The highest BCUT2D eigenvalue weighted by atomic mass is 19.4. The Morgan fingerprint density at radius 3 is 2.62 bits per heavy atom. The van der Waals surface area contributed by atoms with Crippen molar-refractivity contribution in [1.82, 2.24) is 4.98 Å². The van der Waals surface area contributed by atoms with Crippen LogP contribution in [0.3, 0.4) is 0 Å². The molecule has 0 aliphatic heterocycles. The maximum atomic E-state index is 11.9. The van der Waals surface area contributed by atoms with Crippen molar-refractivity contribution in [2.24, 2.45) is 5.73 Å². The van der Waals surface area contributed by atoms with Crippen LogP contribution in [0.1, 0.15) is 16.1 Å². The van der Waals surface area contributed by atoms with Crippen LogP contribution < -0.4 is 5.73 Å². The Morgan fingerprint density at radius 1 is 1.54 bits per heavy atom. The smallest absolute Gasteiger partial charge is 0.366 e. The number of aromatic nitrogens is 1. The first-order chi connectivity index (χ1) is 5.90. The molecule has 0 saturated carbocycles. The van der Waals surface area contributed by atoms with Crippen LogP contribution >= 0.6 is 0 Å². The summed E-state index contributed by atoms with van der Waals surface area (Å²) in [5.41, 5.74) is 4.54. The molecule has 1 rings (SSSR count). The second-order valence-corrected chi connectivity index (χ2v) is 2.53. The molecule has 1 amide bonds. The maximum absolute atomic E-state index is 11.9. The fraction of sp³-hybridized carbons (Fsp3) is 0.286. The molecule has 0 aromatic carbocycles. The third kappa shape index (κ3) is 2.50. The van der Waals surface area contributed by atoms with Gasteiger partial charge in [-0.2, -0.15) is 13.2 Å². The number of nitrogens with one attached hydrogen (secondary N) is 1. The minimum Gasteiger partial charge on any atom is -0.366 e. The summed E-state index contributed by atoms with van der Waals surface area (Å²) in [5, 5.41) is 0. The van der Waals surface area contributed by atoms with Gasteiger partial charge in [0.1, 0.15) is 0 Å². The number of rotatable bonds is 2. The van der Waals surface area contributed by atoms with Crippen LogP contribution in [0.5, 0.6) is 0 Å². The molecule has 0 bridgehead atoms. The summed E-state index contributed by atoms with van der Waals surface area (Å²) in [7, 11) is 0. The zero-order valence-corrected chi connectivity index (χ0v) is 6.48. The molecule has 0 unspecified atom stereocenters. The third-order valence-corrected chi connectivity index (χ3v) is 1.48. The molecule has 0 spiro atoms. The van der Waals surface area contributed by atoms with Crippen LogP contribution in [0.15, 0.2) is 12.3 Å². The van der Waals surface area contributed by atoms with Gasteiger partial charge >= 0.3 is 6.18 Å². The lowest BCUT2D eigenvalue weighted by Gasteiger charge is -2.05. The number of aromatic amines is 1. The highest BCUT2D eigenvalue weighted by molar-refractivity contribution is 5.94. The van der Waals surface area contributed by atoms with Gasteiger partial charge in [-0.25, -0.2) is 0 Å². The number of carbonyl (C=O) groups is 1. The number of alkyl halides is 3. The molecule has 0 aliphatic carbocycles. The van der Waals surface area contributed by atoms with Crippen LogP contribution in [0.4, 0.5) is 13.2 Å². The van der Waals surface area contributed by atoms with Crippen LogP contribution in [0, 0.1) is 0 Å². The Kier molecular flexibility index (Phi) is 2.31. The molecule has 1 aromatic heterocycles. The van der Waals surface area contributed by atoms with Crippen molar-refractivity contribution in [2.45, 2.75) is 12.6 Å². The molecule has 3 nitrogen and oxygen atoms in total. The normalized spacial score (nSPS) is 11.6. The summed E-state index contributed by atoms with van der Waals surface area (Å²) in [5.74, 6) is -0.861. The van der Waals surface area contributed by atoms with E-state index in [9.17, 15) is 18.0 Å². The van der Waals surface area contributed by atoms with E-state index in [-0.39, 0.29) is 11.3 Å². The lowest BCUT2D eigenvalue weighted by molar-refractivity contribution is -0.127.